The number of nitrogens with one attached hydrogen (secondary N) is 3. The van der Waals surface area contributed by atoms with Gasteiger partial charge in [0, 0.05) is 5.56 Å². The molecule has 0 aliphatic rings. The summed E-state index contributed by atoms with van der Waals surface area (Å²) in [6.07, 6.45) is 0.621. The van der Waals surface area contributed by atoms with Crippen molar-refractivity contribution in [3.63, 3.8) is 0 Å². The first-order valence-corrected chi connectivity index (χ1v) is 8.90. The number of amides is 2. The Morgan fingerprint density at radius 1 is 1.14 bits per heavy atom. The van der Waals surface area contributed by atoms with E-state index in [0.29, 0.717) is 11.9 Å². The highest BCUT2D eigenvalue weighted by Crippen LogP contribution is 2.16. The van der Waals surface area contributed by atoms with Crippen molar-refractivity contribution in [2.45, 2.75) is 26.3 Å². The molecule has 0 saturated carbocycles. The van der Waals surface area contributed by atoms with Crippen LogP contribution in [0.25, 0.3) is 11.0 Å². The maximum atomic E-state index is 13.4. The predicted molar refractivity (Wildman–Crippen MR) is 102 cm³/mol. The molecule has 1 heterocycles. The number of benzene rings is 2. The summed E-state index contributed by atoms with van der Waals surface area (Å²) in [7, 11) is 0. The van der Waals surface area contributed by atoms with E-state index in [2.05, 4.69) is 20.6 Å². The van der Waals surface area contributed by atoms with Gasteiger partial charge in [-0.3, -0.25) is 14.9 Å². The van der Waals surface area contributed by atoms with Gasteiger partial charge in [-0.05, 0) is 36.2 Å². The van der Waals surface area contributed by atoms with E-state index in [1.807, 2.05) is 32.0 Å². The second-order valence-corrected chi connectivity index (χ2v) is 6.56. The first kappa shape index (κ1) is 19.5. The van der Waals surface area contributed by atoms with E-state index in [-0.39, 0.29) is 17.4 Å². The molecule has 0 saturated heterocycles. The minimum absolute atomic E-state index is 0.0660. The number of halogens is 2. The van der Waals surface area contributed by atoms with Crippen molar-refractivity contribution < 1.29 is 18.4 Å². The Labute approximate surface area is 160 Å². The van der Waals surface area contributed by atoms with Gasteiger partial charge >= 0.3 is 0 Å². The lowest BCUT2D eigenvalue weighted by Gasteiger charge is -2.23. The second kappa shape index (κ2) is 8.16. The number of carbonyl (C=O) groups is 2. The van der Waals surface area contributed by atoms with Crippen LogP contribution in [0.4, 0.5) is 14.7 Å². The second-order valence-electron chi connectivity index (χ2n) is 6.56. The maximum absolute atomic E-state index is 13.4. The van der Waals surface area contributed by atoms with Crippen molar-refractivity contribution in [3.05, 3.63) is 59.7 Å². The number of rotatable bonds is 6. The van der Waals surface area contributed by atoms with E-state index >= 15 is 0 Å². The molecular weight excluding hydrogens is 366 g/mol. The Morgan fingerprint density at radius 2 is 1.89 bits per heavy atom. The zero-order valence-corrected chi connectivity index (χ0v) is 15.4. The number of hydrogen-bond acceptors (Lipinski definition) is 3. The van der Waals surface area contributed by atoms with Gasteiger partial charge in [-0.2, -0.15) is 0 Å². The van der Waals surface area contributed by atoms with E-state index in [0.717, 1.165) is 17.6 Å². The van der Waals surface area contributed by atoms with Crippen LogP contribution in [0.15, 0.2) is 42.5 Å². The normalized spacial score (nSPS) is 13.1. The number of para-hydroxylation sites is 2. The van der Waals surface area contributed by atoms with E-state index in [1.165, 1.54) is 6.07 Å². The number of aromatic nitrogens is 2. The van der Waals surface area contributed by atoms with Gasteiger partial charge in [0.1, 0.15) is 6.04 Å². The molecule has 0 bridgehead atoms. The Hall–Kier alpha value is -3.29. The number of aromatic amines is 1. The molecule has 0 spiro atoms. The average Bonchev–Trinajstić information content (AvgIpc) is 3.09. The Bertz CT molecular complexity index is 985. The fourth-order valence-corrected chi connectivity index (χ4v) is 2.77. The van der Waals surface area contributed by atoms with E-state index in [9.17, 15) is 18.4 Å². The minimum atomic E-state index is -1.13. The number of nitrogens with zero attached hydrogens (tertiary/aromatic N) is 1. The summed E-state index contributed by atoms with van der Waals surface area (Å²) in [5.41, 5.74) is 1.40. The number of fused-ring (bicyclic) bond motifs is 1. The summed E-state index contributed by atoms with van der Waals surface area (Å²) in [4.78, 5) is 32.5. The van der Waals surface area contributed by atoms with Crippen LogP contribution in [0.2, 0.25) is 0 Å². The Morgan fingerprint density at radius 3 is 2.57 bits per heavy atom. The number of hydrogen-bond donors (Lipinski definition) is 3. The molecular formula is C20H20F2N4O2. The van der Waals surface area contributed by atoms with Crippen molar-refractivity contribution in [2.75, 3.05) is 5.32 Å². The third kappa shape index (κ3) is 4.16. The lowest BCUT2D eigenvalue weighted by Crippen LogP contribution is -2.47. The van der Waals surface area contributed by atoms with Crippen LogP contribution in [-0.2, 0) is 4.79 Å². The highest BCUT2D eigenvalue weighted by atomic mass is 19.2. The van der Waals surface area contributed by atoms with Crippen LogP contribution in [0, 0.1) is 17.6 Å². The molecule has 146 valence electrons. The number of carbonyl (C=O) groups excluding carboxylic acids is 2. The summed E-state index contributed by atoms with van der Waals surface area (Å²) in [5.74, 6) is -3.22. The maximum Gasteiger partial charge on any atom is 0.252 e. The van der Waals surface area contributed by atoms with Crippen molar-refractivity contribution in [2.24, 2.45) is 5.92 Å². The Kier molecular flexibility index (Phi) is 5.67. The molecule has 2 aromatic carbocycles. The zero-order chi connectivity index (χ0) is 20.3. The third-order valence-corrected chi connectivity index (χ3v) is 4.59. The molecule has 2 atom stereocenters. The molecule has 0 radical (unpaired) electrons. The van der Waals surface area contributed by atoms with Crippen molar-refractivity contribution in [1.29, 1.82) is 0 Å². The molecule has 0 fully saturated rings. The summed E-state index contributed by atoms with van der Waals surface area (Å²) >= 11 is 0. The van der Waals surface area contributed by atoms with Gasteiger partial charge < -0.3 is 10.3 Å². The van der Waals surface area contributed by atoms with Crippen LogP contribution in [-0.4, -0.2) is 27.8 Å². The first-order valence-electron chi connectivity index (χ1n) is 8.90. The minimum Gasteiger partial charge on any atom is -0.340 e. The third-order valence-electron chi connectivity index (χ3n) is 4.59. The average molecular weight is 386 g/mol. The molecule has 3 rings (SSSR count). The van der Waals surface area contributed by atoms with E-state index in [4.69, 9.17) is 0 Å². The summed E-state index contributed by atoms with van der Waals surface area (Å²) in [6.45, 7) is 3.70. The van der Waals surface area contributed by atoms with Gasteiger partial charge in [0.05, 0.1) is 11.0 Å². The largest absolute Gasteiger partial charge is 0.340 e. The van der Waals surface area contributed by atoms with E-state index < -0.39 is 29.5 Å². The fraction of sp³-hybridized carbons (Fsp3) is 0.250. The fourth-order valence-electron chi connectivity index (χ4n) is 2.77. The number of H-pyrrole nitrogens is 1. The summed E-state index contributed by atoms with van der Waals surface area (Å²) < 4.78 is 26.5. The lowest BCUT2D eigenvalue weighted by atomic mass is 9.98. The quantitative estimate of drug-likeness (QED) is 0.605. The summed E-state index contributed by atoms with van der Waals surface area (Å²) in [5, 5.41) is 5.27. The standard InChI is InChI=1S/C20H20F2N4O2/c1-3-11(2)17(25-18(27)12-8-9-13(21)14(22)10-12)19(28)26-20-23-15-6-4-5-7-16(15)24-20/h4-11,17H,3H2,1-2H3,(H,25,27)(H2,23,24,26,28)/t11-,17-/m1/s1. The van der Waals surface area contributed by atoms with Gasteiger partial charge in [0.2, 0.25) is 11.9 Å². The Balaban J connectivity index is 1.77. The van der Waals surface area contributed by atoms with Gasteiger partial charge in [-0.15, -0.1) is 0 Å². The SMILES string of the molecule is CC[C@@H](C)[C@@H](NC(=O)c1ccc(F)c(F)c1)C(=O)Nc1nc2ccccc2[nH]1. The van der Waals surface area contributed by atoms with Crippen molar-refractivity contribution in [3.8, 4) is 0 Å². The lowest BCUT2D eigenvalue weighted by molar-refractivity contribution is -0.119. The summed E-state index contributed by atoms with van der Waals surface area (Å²) in [6, 6.07) is 9.27. The van der Waals surface area contributed by atoms with Gasteiger partial charge in [0.15, 0.2) is 11.6 Å². The van der Waals surface area contributed by atoms with Crippen molar-refractivity contribution >= 4 is 28.8 Å². The molecule has 0 unspecified atom stereocenters. The zero-order valence-electron chi connectivity index (χ0n) is 15.4. The van der Waals surface area contributed by atoms with Crippen LogP contribution >= 0.6 is 0 Å². The molecule has 3 N–H and O–H groups in total. The van der Waals surface area contributed by atoms with Crippen LogP contribution < -0.4 is 10.6 Å². The highest BCUT2D eigenvalue weighted by molar-refractivity contribution is 6.01. The molecule has 3 aromatic rings. The van der Waals surface area contributed by atoms with Gasteiger partial charge in [-0.25, -0.2) is 13.8 Å². The monoisotopic (exact) mass is 386 g/mol. The van der Waals surface area contributed by atoms with Crippen LogP contribution in [0.5, 0.6) is 0 Å². The molecule has 0 aliphatic heterocycles. The highest BCUT2D eigenvalue weighted by Gasteiger charge is 2.27. The predicted octanol–water partition coefficient (Wildman–Crippen LogP) is 3.62. The van der Waals surface area contributed by atoms with Gasteiger partial charge in [0.25, 0.3) is 5.91 Å². The van der Waals surface area contributed by atoms with E-state index in [1.54, 1.807) is 6.07 Å². The number of anilines is 1. The number of imidazole rings is 1. The topological polar surface area (TPSA) is 86.9 Å². The molecule has 6 nitrogen and oxygen atoms in total. The molecule has 1 aromatic heterocycles. The first-order chi connectivity index (χ1) is 13.4. The molecule has 8 heteroatoms. The molecule has 28 heavy (non-hydrogen) atoms. The smallest absolute Gasteiger partial charge is 0.252 e. The van der Waals surface area contributed by atoms with Gasteiger partial charge in [-0.1, -0.05) is 32.4 Å². The molecule has 0 aliphatic carbocycles. The van der Waals surface area contributed by atoms with Crippen LogP contribution in [0.1, 0.15) is 30.6 Å². The van der Waals surface area contributed by atoms with Crippen molar-refractivity contribution in [1.82, 2.24) is 15.3 Å². The van der Waals surface area contributed by atoms with Crippen LogP contribution in [0.3, 0.4) is 0 Å². The molecule has 2 amide bonds.